The Hall–Kier alpha value is -1.54. The molecule has 0 fully saturated rings. The molecule has 0 unspecified atom stereocenters. The Balaban J connectivity index is 2.62. The second kappa shape index (κ2) is 4.14. The third kappa shape index (κ3) is 2.17. The van der Waals surface area contributed by atoms with Crippen LogP contribution in [0.3, 0.4) is 0 Å². The van der Waals surface area contributed by atoms with Gasteiger partial charge in [0.1, 0.15) is 5.82 Å². The third-order valence-corrected chi connectivity index (χ3v) is 2.60. The summed E-state index contributed by atoms with van der Waals surface area (Å²) in [4.78, 5) is 0. The van der Waals surface area contributed by atoms with Crippen molar-refractivity contribution in [3.05, 3.63) is 52.8 Å². The van der Waals surface area contributed by atoms with E-state index < -0.39 is 0 Å². The number of hydrogen-bond donors (Lipinski definition) is 1. The zero-order chi connectivity index (χ0) is 11.7. The second-order valence-electron chi connectivity index (χ2n) is 3.75. The van der Waals surface area contributed by atoms with E-state index in [-0.39, 0.29) is 5.82 Å². The molecule has 0 atom stereocenters. The van der Waals surface area contributed by atoms with Gasteiger partial charge in [-0.25, -0.2) is 4.39 Å². The van der Waals surface area contributed by atoms with E-state index in [1.807, 2.05) is 13.0 Å². The fourth-order valence-corrected chi connectivity index (χ4v) is 1.84. The molecule has 0 aromatic heterocycles. The lowest BCUT2D eigenvalue weighted by atomic mass is 10.0. The monoisotopic (exact) mass is 235 g/mol. The minimum Gasteiger partial charge on any atom is -0.398 e. The maximum absolute atomic E-state index is 13.3. The van der Waals surface area contributed by atoms with Crippen molar-refractivity contribution in [3.63, 3.8) is 0 Å². The van der Waals surface area contributed by atoms with Crippen LogP contribution in [0, 0.1) is 12.7 Å². The normalized spacial score (nSPS) is 10.4. The summed E-state index contributed by atoms with van der Waals surface area (Å²) in [7, 11) is 0. The topological polar surface area (TPSA) is 26.0 Å². The van der Waals surface area contributed by atoms with Crippen molar-refractivity contribution in [2.24, 2.45) is 0 Å². The zero-order valence-electron chi connectivity index (χ0n) is 8.80. The van der Waals surface area contributed by atoms with Gasteiger partial charge in [0.2, 0.25) is 0 Å². The molecule has 2 aromatic carbocycles. The average Bonchev–Trinajstić information content (AvgIpc) is 2.20. The van der Waals surface area contributed by atoms with Gasteiger partial charge in [-0.15, -0.1) is 0 Å². The Kier molecular flexibility index (Phi) is 2.84. The van der Waals surface area contributed by atoms with Crippen molar-refractivity contribution in [3.8, 4) is 11.1 Å². The van der Waals surface area contributed by atoms with Gasteiger partial charge in [-0.1, -0.05) is 17.7 Å². The van der Waals surface area contributed by atoms with E-state index >= 15 is 0 Å². The molecule has 3 heteroatoms. The molecule has 0 bridgehead atoms. The Morgan fingerprint density at radius 1 is 1.12 bits per heavy atom. The first kappa shape index (κ1) is 11.0. The van der Waals surface area contributed by atoms with Crippen molar-refractivity contribution in [1.82, 2.24) is 0 Å². The van der Waals surface area contributed by atoms with Crippen molar-refractivity contribution in [1.29, 1.82) is 0 Å². The summed E-state index contributed by atoms with van der Waals surface area (Å²) in [6.45, 7) is 1.84. The van der Waals surface area contributed by atoms with Gasteiger partial charge in [-0.05, 0) is 48.4 Å². The quantitative estimate of drug-likeness (QED) is 0.742. The molecule has 0 saturated carbocycles. The minimum absolute atomic E-state index is 0.269. The molecule has 1 nitrogen and oxygen atoms in total. The predicted octanol–water partition coefficient (Wildman–Crippen LogP) is 4.04. The van der Waals surface area contributed by atoms with Crippen molar-refractivity contribution in [2.75, 3.05) is 5.73 Å². The van der Waals surface area contributed by atoms with E-state index in [2.05, 4.69) is 0 Å². The fourth-order valence-electron chi connectivity index (χ4n) is 1.67. The van der Waals surface area contributed by atoms with Crippen LogP contribution in [0.2, 0.25) is 5.02 Å². The Morgan fingerprint density at radius 3 is 2.56 bits per heavy atom. The summed E-state index contributed by atoms with van der Waals surface area (Å²) in [5.74, 6) is -0.269. The van der Waals surface area contributed by atoms with E-state index in [4.69, 9.17) is 17.3 Å². The van der Waals surface area contributed by atoms with Gasteiger partial charge in [-0.2, -0.15) is 0 Å². The number of anilines is 1. The molecule has 0 aliphatic rings. The van der Waals surface area contributed by atoms with Crippen LogP contribution in [-0.4, -0.2) is 0 Å². The highest BCUT2D eigenvalue weighted by Gasteiger charge is 2.05. The highest BCUT2D eigenvalue weighted by atomic mass is 35.5. The Labute approximate surface area is 98.7 Å². The summed E-state index contributed by atoms with van der Waals surface area (Å²) in [5.41, 5.74) is 8.80. The number of hydrogen-bond acceptors (Lipinski definition) is 1. The first-order valence-corrected chi connectivity index (χ1v) is 5.26. The Bertz CT molecular complexity index is 517. The van der Waals surface area contributed by atoms with E-state index in [0.29, 0.717) is 10.7 Å². The smallest absolute Gasteiger partial charge is 0.124 e. The summed E-state index contributed by atoms with van der Waals surface area (Å²) in [6.07, 6.45) is 0. The van der Waals surface area contributed by atoms with Crippen LogP contribution in [-0.2, 0) is 0 Å². The number of aryl methyl sites for hydroxylation is 1. The number of halogens is 2. The van der Waals surface area contributed by atoms with Gasteiger partial charge in [0.25, 0.3) is 0 Å². The number of benzene rings is 2. The Morgan fingerprint density at radius 2 is 1.88 bits per heavy atom. The van der Waals surface area contributed by atoms with Gasteiger partial charge >= 0.3 is 0 Å². The van der Waals surface area contributed by atoms with Crippen molar-refractivity contribution >= 4 is 17.3 Å². The van der Waals surface area contributed by atoms with Gasteiger partial charge in [0, 0.05) is 16.3 Å². The molecule has 82 valence electrons. The summed E-state index contributed by atoms with van der Waals surface area (Å²) >= 11 is 5.90. The molecule has 0 aliphatic carbocycles. The maximum atomic E-state index is 13.3. The largest absolute Gasteiger partial charge is 0.398 e. The minimum atomic E-state index is -0.269. The lowest BCUT2D eigenvalue weighted by molar-refractivity contribution is 0.627. The van der Waals surface area contributed by atoms with E-state index in [1.54, 1.807) is 18.2 Å². The summed E-state index contributed by atoms with van der Waals surface area (Å²) in [6, 6.07) is 9.99. The zero-order valence-corrected chi connectivity index (χ0v) is 9.55. The molecule has 2 rings (SSSR count). The number of nitrogens with two attached hydrogens (primary N) is 1. The second-order valence-corrected chi connectivity index (χ2v) is 4.19. The van der Waals surface area contributed by atoms with E-state index in [0.717, 1.165) is 16.7 Å². The van der Waals surface area contributed by atoms with Gasteiger partial charge in [0.15, 0.2) is 0 Å². The molecule has 0 amide bonds. The van der Waals surface area contributed by atoms with Gasteiger partial charge in [0.05, 0.1) is 0 Å². The molecule has 0 aliphatic heterocycles. The molecule has 16 heavy (non-hydrogen) atoms. The van der Waals surface area contributed by atoms with Crippen LogP contribution in [0.4, 0.5) is 10.1 Å². The van der Waals surface area contributed by atoms with E-state index in [9.17, 15) is 4.39 Å². The molecule has 2 aromatic rings. The van der Waals surface area contributed by atoms with Crippen molar-refractivity contribution in [2.45, 2.75) is 6.92 Å². The third-order valence-electron chi connectivity index (χ3n) is 2.37. The SMILES string of the molecule is Cc1cc(F)cc(-c2cc(Cl)ccc2N)c1. The predicted molar refractivity (Wildman–Crippen MR) is 66.0 cm³/mol. The van der Waals surface area contributed by atoms with Crippen molar-refractivity contribution < 1.29 is 4.39 Å². The molecule has 0 radical (unpaired) electrons. The van der Waals surface area contributed by atoms with Crippen LogP contribution in [0.25, 0.3) is 11.1 Å². The first-order chi connectivity index (χ1) is 7.56. The van der Waals surface area contributed by atoms with Crippen LogP contribution < -0.4 is 5.73 Å². The van der Waals surface area contributed by atoms with Crippen LogP contribution in [0.5, 0.6) is 0 Å². The van der Waals surface area contributed by atoms with Crippen LogP contribution in [0.1, 0.15) is 5.56 Å². The average molecular weight is 236 g/mol. The summed E-state index contributed by atoms with van der Waals surface area (Å²) < 4.78 is 13.3. The molecule has 2 N–H and O–H groups in total. The number of rotatable bonds is 1. The highest BCUT2D eigenvalue weighted by Crippen LogP contribution is 2.29. The summed E-state index contributed by atoms with van der Waals surface area (Å²) in [5, 5.41) is 0.589. The molecular weight excluding hydrogens is 225 g/mol. The molecule has 0 heterocycles. The van der Waals surface area contributed by atoms with Crippen LogP contribution in [0.15, 0.2) is 36.4 Å². The lowest BCUT2D eigenvalue weighted by Crippen LogP contribution is -1.91. The lowest BCUT2D eigenvalue weighted by Gasteiger charge is -2.07. The number of nitrogen functional groups attached to an aromatic ring is 1. The van der Waals surface area contributed by atoms with E-state index in [1.165, 1.54) is 12.1 Å². The van der Waals surface area contributed by atoms with Crippen LogP contribution >= 0.6 is 11.6 Å². The maximum Gasteiger partial charge on any atom is 0.124 e. The molecular formula is C13H11ClFN. The fraction of sp³-hybridized carbons (Fsp3) is 0.0769. The molecule has 0 spiro atoms. The van der Waals surface area contributed by atoms with Gasteiger partial charge in [-0.3, -0.25) is 0 Å². The first-order valence-electron chi connectivity index (χ1n) is 4.89. The van der Waals surface area contributed by atoms with Gasteiger partial charge < -0.3 is 5.73 Å². The molecule has 0 saturated heterocycles. The highest BCUT2D eigenvalue weighted by molar-refractivity contribution is 6.31. The standard InChI is InChI=1S/C13H11ClFN/c1-8-4-9(6-11(15)5-8)12-7-10(14)2-3-13(12)16/h2-7H,16H2,1H3.